The molecule has 0 bridgehead atoms. The summed E-state index contributed by atoms with van der Waals surface area (Å²) in [5, 5.41) is 1.16. The van der Waals surface area contributed by atoms with Gasteiger partial charge >= 0.3 is 0 Å². The Morgan fingerprint density at radius 3 is 1.77 bits per heavy atom. The lowest BCUT2D eigenvalue weighted by Gasteiger charge is -2.29. The van der Waals surface area contributed by atoms with Gasteiger partial charge in [-0.15, -0.1) is 0 Å². The molecule has 2 aliphatic rings. The van der Waals surface area contributed by atoms with E-state index in [1.165, 1.54) is 11.3 Å². The summed E-state index contributed by atoms with van der Waals surface area (Å²) in [5.74, 6) is 1.13. The quantitative estimate of drug-likeness (QED) is 0.309. The topological polar surface area (TPSA) is 85.5 Å². The van der Waals surface area contributed by atoms with Crippen LogP contribution in [0, 0.1) is 0 Å². The van der Waals surface area contributed by atoms with E-state index in [2.05, 4.69) is 9.80 Å². The van der Waals surface area contributed by atoms with Crippen molar-refractivity contribution in [2.24, 2.45) is 0 Å². The largest absolute Gasteiger partial charge is 0.378 e. The minimum absolute atomic E-state index is 0.260. The molecular weight excluding hydrogens is 548 g/mol. The van der Waals surface area contributed by atoms with Gasteiger partial charge in [0.1, 0.15) is 9.66 Å². The molecule has 0 spiro atoms. The van der Waals surface area contributed by atoms with Crippen LogP contribution in [-0.2, 0) is 4.74 Å². The van der Waals surface area contributed by atoms with Crippen LogP contribution in [0.5, 0.6) is 0 Å². The van der Waals surface area contributed by atoms with Gasteiger partial charge in [-0.1, -0.05) is 41.1 Å². The van der Waals surface area contributed by atoms with Gasteiger partial charge in [-0.2, -0.15) is 0 Å². The molecule has 2 saturated heterocycles. The highest BCUT2D eigenvalue weighted by Crippen LogP contribution is 2.33. The van der Waals surface area contributed by atoms with Crippen LogP contribution in [-0.4, -0.2) is 58.5 Å². The number of hydrogen-bond acceptors (Lipinski definition) is 8. The summed E-state index contributed by atoms with van der Waals surface area (Å²) in [6, 6.07) is 16.6. The zero-order chi connectivity index (χ0) is 27.2. The van der Waals surface area contributed by atoms with Crippen LogP contribution in [0.25, 0.3) is 31.8 Å². The standard InChI is InChI=1S/C29H27ClN6O3S/c30-19-9-11-21(12-10-19)36-27(38)23-22-24(40-25(23)32-29(36)34-15-17-39-18-16-34)31-28(33-13-5-2-6-14-33)35(26(22)37)20-7-3-1-4-8-20/h1,3-4,7-12H,2,5-6,13-18H2. The van der Waals surface area contributed by atoms with Gasteiger partial charge < -0.3 is 14.5 Å². The molecular formula is C29H27ClN6O3S. The van der Waals surface area contributed by atoms with E-state index in [4.69, 9.17) is 26.3 Å². The summed E-state index contributed by atoms with van der Waals surface area (Å²) >= 11 is 7.48. The number of aromatic nitrogens is 4. The molecule has 9 nitrogen and oxygen atoms in total. The molecule has 204 valence electrons. The van der Waals surface area contributed by atoms with Crippen molar-refractivity contribution >= 4 is 55.3 Å². The Morgan fingerprint density at radius 2 is 1.20 bits per heavy atom. The van der Waals surface area contributed by atoms with Crippen LogP contribution in [0.2, 0.25) is 5.02 Å². The average Bonchev–Trinajstić information content (AvgIpc) is 3.38. The van der Waals surface area contributed by atoms with Crippen LogP contribution >= 0.6 is 22.9 Å². The average molecular weight is 575 g/mol. The molecule has 0 amide bonds. The lowest BCUT2D eigenvalue weighted by Crippen LogP contribution is -2.40. The number of thiophene rings is 1. The number of hydrogen-bond donors (Lipinski definition) is 0. The maximum absolute atomic E-state index is 14.4. The highest BCUT2D eigenvalue weighted by Gasteiger charge is 2.27. The fourth-order valence-electron chi connectivity index (χ4n) is 5.56. The van der Waals surface area contributed by atoms with Crippen molar-refractivity contribution in [3.8, 4) is 11.4 Å². The molecule has 2 fully saturated rings. The maximum Gasteiger partial charge on any atom is 0.269 e. The molecule has 7 rings (SSSR count). The van der Waals surface area contributed by atoms with Crippen LogP contribution in [0.4, 0.5) is 11.9 Å². The minimum atomic E-state index is -0.302. The number of rotatable bonds is 4. The Kier molecular flexibility index (Phi) is 6.53. The van der Waals surface area contributed by atoms with Crippen molar-refractivity contribution in [2.75, 3.05) is 49.2 Å². The van der Waals surface area contributed by atoms with Gasteiger partial charge in [-0.25, -0.2) is 19.1 Å². The van der Waals surface area contributed by atoms with E-state index in [0.29, 0.717) is 69.3 Å². The van der Waals surface area contributed by atoms with E-state index in [1.54, 1.807) is 33.4 Å². The first kappa shape index (κ1) is 25.3. The Morgan fingerprint density at radius 1 is 0.675 bits per heavy atom. The highest BCUT2D eigenvalue weighted by atomic mass is 35.5. The van der Waals surface area contributed by atoms with Gasteiger partial charge in [-0.3, -0.25) is 9.59 Å². The number of morpholine rings is 1. The Labute approximate surface area is 238 Å². The Bertz CT molecular complexity index is 1820. The molecule has 2 aliphatic heterocycles. The molecule has 5 heterocycles. The van der Waals surface area contributed by atoms with Crippen molar-refractivity contribution in [3.05, 3.63) is 80.3 Å². The second-order valence-corrected chi connectivity index (χ2v) is 11.4. The summed E-state index contributed by atoms with van der Waals surface area (Å²) in [5.41, 5.74) is 0.789. The SMILES string of the molecule is O=c1c2c(nc(N3CCCCC3)n1-c1ccccc1)sc1nc(N3CCOCC3)n(-c3ccc(Cl)cc3)c(=O)c12. The zero-order valence-electron chi connectivity index (χ0n) is 21.8. The normalized spacial score (nSPS) is 16.2. The predicted molar refractivity (Wildman–Crippen MR) is 160 cm³/mol. The third-order valence-electron chi connectivity index (χ3n) is 7.54. The van der Waals surface area contributed by atoms with E-state index in [1.807, 2.05) is 30.3 Å². The van der Waals surface area contributed by atoms with Gasteiger partial charge in [0.25, 0.3) is 11.1 Å². The number of nitrogens with zero attached hydrogens (tertiary/aromatic N) is 6. The molecule has 11 heteroatoms. The van der Waals surface area contributed by atoms with Gasteiger partial charge in [-0.05, 0) is 55.7 Å². The van der Waals surface area contributed by atoms with E-state index in [9.17, 15) is 9.59 Å². The highest BCUT2D eigenvalue weighted by molar-refractivity contribution is 7.25. The fourth-order valence-corrected chi connectivity index (χ4v) is 6.71. The predicted octanol–water partition coefficient (Wildman–Crippen LogP) is 4.63. The summed E-state index contributed by atoms with van der Waals surface area (Å²) < 4.78 is 8.80. The third kappa shape index (κ3) is 4.27. The van der Waals surface area contributed by atoms with Gasteiger partial charge in [0, 0.05) is 31.2 Å². The van der Waals surface area contributed by atoms with Crippen molar-refractivity contribution in [2.45, 2.75) is 19.3 Å². The summed E-state index contributed by atoms with van der Waals surface area (Å²) in [6.07, 6.45) is 3.26. The van der Waals surface area contributed by atoms with Gasteiger partial charge in [0.05, 0.1) is 35.4 Å². The lowest BCUT2D eigenvalue weighted by atomic mass is 10.1. The fraction of sp³-hybridized carbons (Fsp3) is 0.310. The number of anilines is 2. The molecule has 40 heavy (non-hydrogen) atoms. The van der Waals surface area contributed by atoms with Crippen LogP contribution in [0.15, 0.2) is 64.2 Å². The molecule has 2 aromatic carbocycles. The molecule has 3 aromatic heterocycles. The third-order valence-corrected chi connectivity index (χ3v) is 8.77. The second kappa shape index (κ2) is 10.3. The van der Waals surface area contributed by atoms with Gasteiger partial charge in [0.2, 0.25) is 11.9 Å². The number of fused-ring (bicyclic) bond motifs is 3. The van der Waals surface area contributed by atoms with Crippen LogP contribution in [0.1, 0.15) is 19.3 Å². The van der Waals surface area contributed by atoms with Crippen LogP contribution in [0.3, 0.4) is 0 Å². The van der Waals surface area contributed by atoms with E-state index >= 15 is 0 Å². The number of halogens is 1. The van der Waals surface area contributed by atoms with Crippen LogP contribution < -0.4 is 20.9 Å². The molecule has 0 atom stereocenters. The lowest BCUT2D eigenvalue weighted by molar-refractivity contribution is 0.122. The van der Waals surface area contributed by atoms with Crippen molar-refractivity contribution in [1.82, 2.24) is 19.1 Å². The molecule has 0 aliphatic carbocycles. The summed E-state index contributed by atoms with van der Waals surface area (Å²) in [4.78, 5) is 44.1. The van der Waals surface area contributed by atoms with Crippen molar-refractivity contribution in [3.63, 3.8) is 0 Å². The number of piperidine rings is 1. The monoisotopic (exact) mass is 574 g/mol. The Balaban J connectivity index is 1.55. The molecule has 5 aromatic rings. The second-order valence-electron chi connectivity index (χ2n) is 10.0. The van der Waals surface area contributed by atoms with Crippen molar-refractivity contribution < 1.29 is 4.74 Å². The summed E-state index contributed by atoms with van der Waals surface area (Å²) in [6.45, 7) is 3.97. The molecule has 0 N–H and O–H groups in total. The minimum Gasteiger partial charge on any atom is -0.378 e. The number of benzene rings is 2. The number of para-hydroxylation sites is 1. The first-order valence-electron chi connectivity index (χ1n) is 13.5. The smallest absolute Gasteiger partial charge is 0.269 e. The van der Waals surface area contributed by atoms with Crippen molar-refractivity contribution in [1.29, 1.82) is 0 Å². The molecule has 0 radical (unpaired) electrons. The Hall–Kier alpha value is -3.73. The molecule has 0 saturated carbocycles. The zero-order valence-corrected chi connectivity index (χ0v) is 23.3. The van der Waals surface area contributed by atoms with E-state index < -0.39 is 0 Å². The first-order valence-corrected chi connectivity index (χ1v) is 14.7. The maximum atomic E-state index is 14.4. The first-order chi connectivity index (χ1) is 19.6. The molecule has 0 unspecified atom stereocenters. The summed E-state index contributed by atoms with van der Waals surface area (Å²) in [7, 11) is 0. The number of ether oxygens (including phenoxy) is 1. The van der Waals surface area contributed by atoms with E-state index in [0.717, 1.165) is 38.0 Å². The van der Waals surface area contributed by atoms with Gasteiger partial charge in [0.15, 0.2) is 0 Å². The van der Waals surface area contributed by atoms with E-state index in [-0.39, 0.29) is 11.1 Å².